The van der Waals surface area contributed by atoms with Gasteiger partial charge >= 0.3 is 0 Å². The van der Waals surface area contributed by atoms with Gasteiger partial charge in [0.15, 0.2) is 0 Å². The van der Waals surface area contributed by atoms with Crippen LogP contribution in [0.2, 0.25) is 0 Å². The molecule has 5 heteroatoms. The first kappa shape index (κ1) is 13.7. The van der Waals surface area contributed by atoms with E-state index in [0.29, 0.717) is 4.90 Å². The summed E-state index contributed by atoms with van der Waals surface area (Å²) in [5.41, 5.74) is 0.243. The lowest BCUT2D eigenvalue weighted by Gasteiger charge is -2.21. The molecule has 1 aromatic carbocycles. The van der Waals surface area contributed by atoms with Gasteiger partial charge in [-0.15, -0.1) is 0 Å². The number of halogens is 1. The van der Waals surface area contributed by atoms with E-state index in [9.17, 15) is 8.42 Å². The number of sulfonamides is 1. The van der Waals surface area contributed by atoms with Gasteiger partial charge in [-0.3, -0.25) is 0 Å². The molecule has 1 N–H and O–H groups in total. The van der Waals surface area contributed by atoms with Crippen LogP contribution in [0.1, 0.15) is 26.3 Å². The zero-order valence-electron chi connectivity index (χ0n) is 9.83. The quantitative estimate of drug-likeness (QED) is 0.913. The van der Waals surface area contributed by atoms with Crippen molar-refractivity contribution in [3.8, 4) is 0 Å². The van der Waals surface area contributed by atoms with E-state index in [1.807, 2.05) is 26.8 Å². The maximum Gasteiger partial charge on any atom is 0.241 e. The van der Waals surface area contributed by atoms with Crippen LogP contribution in [0.5, 0.6) is 0 Å². The lowest BCUT2D eigenvalue weighted by molar-refractivity contribution is 0.491. The minimum absolute atomic E-state index is 0.316. The molecule has 0 fully saturated rings. The molecule has 16 heavy (non-hydrogen) atoms. The van der Waals surface area contributed by atoms with Crippen LogP contribution >= 0.6 is 15.9 Å². The summed E-state index contributed by atoms with van der Waals surface area (Å²) in [5, 5.41) is 0. The van der Waals surface area contributed by atoms with E-state index < -0.39 is 15.6 Å². The third-order valence-electron chi connectivity index (χ3n) is 1.95. The van der Waals surface area contributed by atoms with Gasteiger partial charge in [0.25, 0.3) is 0 Å². The highest BCUT2D eigenvalue weighted by Crippen LogP contribution is 2.23. The van der Waals surface area contributed by atoms with E-state index in [2.05, 4.69) is 20.7 Å². The average Bonchev–Trinajstić information content (AvgIpc) is 2.05. The van der Waals surface area contributed by atoms with Crippen molar-refractivity contribution in [2.75, 3.05) is 0 Å². The predicted octanol–water partition coefficient (Wildman–Crippen LogP) is 2.83. The molecule has 0 saturated heterocycles. The van der Waals surface area contributed by atoms with Gasteiger partial charge < -0.3 is 0 Å². The molecule has 0 aliphatic carbocycles. The number of nitrogens with one attached hydrogen (secondary N) is 1. The lowest BCUT2D eigenvalue weighted by atomic mass is 10.1. The van der Waals surface area contributed by atoms with Crippen LogP contribution in [0.4, 0.5) is 0 Å². The van der Waals surface area contributed by atoms with Crippen LogP contribution < -0.4 is 4.72 Å². The molecule has 0 saturated carbocycles. The Bertz CT molecular complexity index is 489. The smallest absolute Gasteiger partial charge is 0.207 e. The Morgan fingerprint density at radius 2 is 1.81 bits per heavy atom. The Balaban J connectivity index is 3.24. The van der Waals surface area contributed by atoms with Crippen LogP contribution in [0.25, 0.3) is 0 Å². The average molecular weight is 306 g/mol. The topological polar surface area (TPSA) is 46.2 Å². The van der Waals surface area contributed by atoms with Gasteiger partial charge in [-0.2, -0.15) is 0 Å². The SMILES string of the molecule is Cc1c(Br)cccc1S(=O)(=O)NC(C)(C)C. The fourth-order valence-corrected chi connectivity index (χ4v) is 3.52. The molecular formula is C11H16BrNO2S. The molecule has 90 valence electrons. The fourth-order valence-electron chi connectivity index (χ4n) is 1.34. The molecule has 1 rings (SSSR count). The molecular weight excluding hydrogens is 290 g/mol. The molecule has 0 heterocycles. The number of hydrogen-bond acceptors (Lipinski definition) is 2. The van der Waals surface area contributed by atoms with E-state index in [4.69, 9.17) is 0 Å². The van der Waals surface area contributed by atoms with Crippen LogP contribution in [0.15, 0.2) is 27.6 Å². The maximum atomic E-state index is 12.1. The minimum Gasteiger partial charge on any atom is -0.207 e. The van der Waals surface area contributed by atoms with Gasteiger partial charge in [0.1, 0.15) is 0 Å². The molecule has 0 aliphatic rings. The van der Waals surface area contributed by atoms with Crippen molar-refractivity contribution in [2.45, 2.75) is 38.1 Å². The third kappa shape index (κ3) is 3.30. The van der Waals surface area contributed by atoms with Gasteiger partial charge in [0.05, 0.1) is 4.90 Å². The summed E-state index contributed by atoms with van der Waals surface area (Å²) in [7, 11) is -3.45. The van der Waals surface area contributed by atoms with Crippen LogP contribution in [0, 0.1) is 6.92 Å². The second-order valence-corrected chi connectivity index (χ2v) is 7.22. The Kier molecular flexibility index (Phi) is 3.82. The van der Waals surface area contributed by atoms with Gasteiger partial charge in [-0.05, 0) is 45.4 Å². The summed E-state index contributed by atoms with van der Waals surface area (Å²) >= 11 is 3.33. The molecule has 0 radical (unpaired) electrons. The van der Waals surface area contributed by atoms with Crippen molar-refractivity contribution >= 4 is 26.0 Å². The van der Waals surface area contributed by atoms with Gasteiger partial charge in [0.2, 0.25) is 10.0 Å². The van der Waals surface area contributed by atoms with E-state index in [1.165, 1.54) is 0 Å². The van der Waals surface area contributed by atoms with E-state index >= 15 is 0 Å². The molecule has 0 atom stereocenters. The zero-order valence-corrected chi connectivity index (χ0v) is 12.2. The summed E-state index contributed by atoms with van der Waals surface area (Å²) in [6.45, 7) is 7.23. The highest BCUT2D eigenvalue weighted by Gasteiger charge is 2.23. The zero-order chi connectivity index (χ0) is 12.6. The summed E-state index contributed by atoms with van der Waals surface area (Å²) in [4.78, 5) is 0.316. The van der Waals surface area contributed by atoms with Crippen LogP contribution in [-0.4, -0.2) is 14.0 Å². The normalized spacial score (nSPS) is 12.8. The number of hydrogen-bond donors (Lipinski definition) is 1. The van der Waals surface area contributed by atoms with Crippen molar-refractivity contribution < 1.29 is 8.42 Å². The van der Waals surface area contributed by atoms with Crippen molar-refractivity contribution in [1.29, 1.82) is 0 Å². The summed E-state index contributed by atoms with van der Waals surface area (Å²) < 4.78 is 27.6. The maximum absolute atomic E-state index is 12.1. The third-order valence-corrected chi connectivity index (χ3v) is 4.71. The number of rotatable bonds is 2. The first-order valence-corrected chi connectivity index (χ1v) is 7.20. The molecule has 0 aliphatic heterocycles. The van der Waals surface area contributed by atoms with Gasteiger partial charge in [0, 0.05) is 10.0 Å². The molecule has 0 aromatic heterocycles. The Morgan fingerprint density at radius 3 is 2.31 bits per heavy atom. The van der Waals surface area contributed by atoms with Crippen LogP contribution in [-0.2, 0) is 10.0 Å². The van der Waals surface area contributed by atoms with Crippen molar-refractivity contribution in [3.05, 3.63) is 28.2 Å². The largest absolute Gasteiger partial charge is 0.241 e. The molecule has 3 nitrogen and oxygen atoms in total. The van der Waals surface area contributed by atoms with E-state index in [1.54, 1.807) is 19.1 Å². The van der Waals surface area contributed by atoms with Gasteiger partial charge in [-0.25, -0.2) is 13.1 Å². The molecule has 1 aromatic rings. The monoisotopic (exact) mass is 305 g/mol. The molecule has 0 amide bonds. The first-order valence-electron chi connectivity index (χ1n) is 4.92. The van der Waals surface area contributed by atoms with E-state index in [-0.39, 0.29) is 0 Å². The number of benzene rings is 1. The van der Waals surface area contributed by atoms with Gasteiger partial charge in [-0.1, -0.05) is 22.0 Å². The standard InChI is InChI=1S/C11H16BrNO2S/c1-8-9(12)6-5-7-10(8)16(14,15)13-11(2,3)4/h5-7,13H,1-4H3. The second kappa shape index (κ2) is 4.47. The summed E-state index contributed by atoms with van der Waals surface area (Å²) in [6.07, 6.45) is 0. The second-order valence-electron chi connectivity index (χ2n) is 4.72. The predicted molar refractivity (Wildman–Crippen MR) is 69.0 cm³/mol. The van der Waals surface area contributed by atoms with Crippen molar-refractivity contribution in [1.82, 2.24) is 4.72 Å². The van der Waals surface area contributed by atoms with E-state index in [0.717, 1.165) is 10.0 Å². The van der Waals surface area contributed by atoms with Crippen LogP contribution in [0.3, 0.4) is 0 Å². The Morgan fingerprint density at radius 1 is 1.25 bits per heavy atom. The molecule has 0 unspecified atom stereocenters. The molecule has 0 spiro atoms. The lowest BCUT2D eigenvalue weighted by Crippen LogP contribution is -2.40. The van der Waals surface area contributed by atoms with Crippen molar-refractivity contribution in [2.24, 2.45) is 0 Å². The summed E-state index contributed by atoms with van der Waals surface area (Å²) in [5.74, 6) is 0. The highest BCUT2D eigenvalue weighted by molar-refractivity contribution is 9.10. The minimum atomic E-state index is -3.45. The Hall–Kier alpha value is -0.390. The first-order chi connectivity index (χ1) is 7.13. The Labute approximate surface area is 105 Å². The van der Waals surface area contributed by atoms with Crippen molar-refractivity contribution in [3.63, 3.8) is 0 Å². The summed E-state index contributed by atoms with van der Waals surface area (Å²) in [6, 6.07) is 5.15. The highest BCUT2D eigenvalue weighted by atomic mass is 79.9. The fraction of sp³-hybridized carbons (Fsp3) is 0.455. The molecule has 0 bridgehead atoms.